The van der Waals surface area contributed by atoms with Crippen molar-refractivity contribution in [1.29, 1.82) is 0 Å². The standard InChI is InChI=1S/C25H28N2O4/c1-4-17(2)20-11-6-8-14-23(20)31-18(3)24(28)27-22-13-7-5-12-21(22)25(29)26-16-19-10-9-15-30-19/h5-15,17-18H,4,16H2,1-3H3,(H,26,29)(H,27,28). The molecule has 0 saturated carbocycles. The Hall–Kier alpha value is -3.54. The Labute approximate surface area is 182 Å². The van der Waals surface area contributed by atoms with Gasteiger partial charge in [-0.1, -0.05) is 44.2 Å². The zero-order valence-corrected chi connectivity index (χ0v) is 18.1. The van der Waals surface area contributed by atoms with Gasteiger partial charge in [0.05, 0.1) is 24.1 Å². The molecule has 2 N–H and O–H groups in total. The summed E-state index contributed by atoms with van der Waals surface area (Å²) >= 11 is 0. The number of benzene rings is 2. The minimum absolute atomic E-state index is 0.264. The van der Waals surface area contributed by atoms with Crippen LogP contribution in [0.2, 0.25) is 0 Å². The Morgan fingerprint density at radius 3 is 2.48 bits per heavy atom. The van der Waals surface area contributed by atoms with E-state index in [0.717, 1.165) is 12.0 Å². The van der Waals surface area contributed by atoms with Crippen molar-refractivity contribution in [1.82, 2.24) is 5.32 Å². The predicted molar refractivity (Wildman–Crippen MR) is 120 cm³/mol. The molecule has 3 aromatic rings. The topological polar surface area (TPSA) is 80.6 Å². The van der Waals surface area contributed by atoms with Gasteiger partial charge >= 0.3 is 0 Å². The minimum Gasteiger partial charge on any atom is -0.481 e. The van der Waals surface area contributed by atoms with Crippen molar-refractivity contribution in [2.45, 2.75) is 45.8 Å². The molecule has 0 aliphatic heterocycles. The van der Waals surface area contributed by atoms with Crippen LogP contribution in [0.25, 0.3) is 0 Å². The first-order valence-corrected chi connectivity index (χ1v) is 10.5. The van der Waals surface area contributed by atoms with E-state index in [-0.39, 0.29) is 18.4 Å². The van der Waals surface area contributed by atoms with Crippen molar-refractivity contribution in [3.63, 3.8) is 0 Å². The summed E-state index contributed by atoms with van der Waals surface area (Å²) in [5.41, 5.74) is 1.87. The molecule has 0 aliphatic carbocycles. The molecule has 31 heavy (non-hydrogen) atoms. The Morgan fingerprint density at radius 1 is 1.00 bits per heavy atom. The third-order valence-corrected chi connectivity index (χ3v) is 5.17. The van der Waals surface area contributed by atoms with E-state index in [4.69, 9.17) is 9.15 Å². The normalized spacial score (nSPS) is 12.6. The number of rotatable bonds is 9. The largest absolute Gasteiger partial charge is 0.481 e. The molecular formula is C25H28N2O4. The van der Waals surface area contributed by atoms with E-state index in [2.05, 4.69) is 24.5 Å². The van der Waals surface area contributed by atoms with E-state index in [1.807, 2.05) is 24.3 Å². The van der Waals surface area contributed by atoms with Crippen molar-refractivity contribution < 1.29 is 18.7 Å². The molecule has 0 bridgehead atoms. The maximum Gasteiger partial charge on any atom is 0.265 e. The number of carbonyl (C=O) groups excluding carboxylic acids is 2. The lowest BCUT2D eigenvalue weighted by Gasteiger charge is -2.20. The Morgan fingerprint density at radius 2 is 1.74 bits per heavy atom. The molecule has 0 radical (unpaired) electrons. The van der Waals surface area contributed by atoms with Gasteiger partial charge in [-0.25, -0.2) is 0 Å². The van der Waals surface area contributed by atoms with E-state index in [1.165, 1.54) is 0 Å². The summed E-state index contributed by atoms with van der Waals surface area (Å²) in [6.45, 7) is 6.21. The van der Waals surface area contributed by atoms with Crippen molar-refractivity contribution in [2.75, 3.05) is 5.32 Å². The number of furan rings is 1. The van der Waals surface area contributed by atoms with E-state index in [0.29, 0.717) is 28.7 Å². The number of nitrogens with one attached hydrogen (secondary N) is 2. The summed E-state index contributed by atoms with van der Waals surface area (Å²) in [6, 6.07) is 18.2. The lowest BCUT2D eigenvalue weighted by atomic mass is 9.98. The number of anilines is 1. The number of amides is 2. The van der Waals surface area contributed by atoms with Gasteiger partial charge in [0, 0.05) is 0 Å². The molecule has 2 unspecified atom stereocenters. The van der Waals surface area contributed by atoms with E-state index >= 15 is 0 Å². The summed E-state index contributed by atoms with van der Waals surface area (Å²) in [4.78, 5) is 25.4. The second-order valence-electron chi connectivity index (χ2n) is 7.40. The van der Waals surface area contributed by atoms with Gasteiger partial charge in [-0.05, 0) is 55.2 Å². The number of hydrogen-bond donors (Lipinski definition) is 2. The molecular weight excluding hydrogens is 392 g/mol. The van der Waals surface area contributed by atoms with Crippen molar-refractivity contribution in [3.05, 3.63) is 83.8 Å². The lowest BCUT2D eigenvalue weighted by Crippen LogP contribution is -2.32. The van der Waals surface area contributed by atoms with E-state index < -0.39 is 6.10 Å². The van der Waals surface area contributed by atoms with Gasteiger partial charge in [-0.3, -0.25) is 9.59 Å². The minimum atomic E-state index is -0.732. The lowest BCUT2D eigenvalue weighted by molar-refractivity contribution is -0.122. The highest BCUT2D eigenvalue weighted by Gasteiger charge is 2.20. The number of carbonyl (C=O) groups is 2. The summed E-state index contributed by atoms with van der Waals surface area (Å²) in [5.74, 6) is 1.04. The number of hydrogen-bond acceptors (Lipinski definition) is 4. The molecule has 3 rings (SSSR count). The maximum absolute atomic E-state index is 12.8. The van der Waals surface area contributed by atoms with Crippen LogP contribution in [0.5, 0.6) is 5.75 Å². The van der Waals surface area contributed by atoms with Crippen LogP contribution >= 0.6 is 0 Å². The highest BCUT2D eigenvalue weighted by Crippen LogP contribution is 2.29. The third kappa shape index (κ3) is 5.75. The van der Waals surface area contributed by atoms with Gasteiger partial charge in [0.15, 0.2) is 6.10 Å². The van der Waals surface area contributed by atoms with Gasteiger partial charge in [-0.2, -0.15) is 0 Å². The van der Waals surface area contributed by atoms with Gasteiger partial charge in [0.2, 0.25) is 0 Å². The zero-order chi connectivity index (χ0) is 22.2. The second-order valence-corrected chi connectivity index (χ2v) is 7.40. The maximum atomic E-state index is 12.8. The van der Waals surface area contributed by atoms with Gasteiger partial charge in [-0.15, -0.1) is 0 Å². The number of para-hydroxylation sites is 2. The monoisotopic (exact) mass is 420 g/mol. The molecule has 1 aromatic heterocycles. The molecule has 1 heterocycles. The predicted octanol–water partition coefficient (Wildman–Crippen LogP) is 5.13. The molecule has 0 saturated heterocycles. The van der Waals surface area contributed by atoms with E-state index in [9.17, 15) is 9.59 Å². The molecule has 2 aromatic carbocycles. The fourth-order valence-electron chi connectivity index (χ4n) is 3.16. The van der Waals surface area contributed by atoms with Crippen LogP contribution in [0.4, 0.5) is 5.69 Å². The van der Waals surface area contributed by atoms with Gasteiger partial charge in [0.1, 0.15) is 11.5 Å². The van der Waals surface area contributed by atoms with Gasteiger partial charge < -0.3 is 19.8 Å². The Bertz CT molecular complexity index is 1010. The van der Waals surface area contributed by atoms with Crippen LogP contribution in [0.1, 0.15) is 54.8 Å². The summed E-state index contributed by atoms with van der Waals surface area (Å²) in [5, 5.41) is 5.61. The molecule has 2 amide bonds. The Kier molecular flexibility index (Phi) is 7.49. The molecule has 0 fully saturated rings. The molecule has 0 aliphatic rings. The summed E-state index contributed by atoms with van der Waals surface area (Å²) in [6.07, 6.45) is 1.79. The van der Waals surface area contributed by atoms with Crippen LogP contribution in [0.3, 0.4) is 0 Å². The van der Waals surface area contributed by atoms with Crippen molar-refractivity contribution in [2.24, 2.45) is 0 Å². The molecule has 6 nitrogen and oxygen atoms in total. The average molecular weight is 421 g/mol. The van der Waals surface area contributed by atoms with E-state index in [1.54, 1.807) is 49.6 Å². The Balaban J connectivity index is 1.67. The van der Waals surface area contributed by atoms with Crippen LogP contribution in [-0.2, 0) is 11.3 Å². The smallest absolute Gasteiger partial charge is 0.265 e. The molecule has 6 heteroatoms. The summed E-state index contributed by atoms with van der Waals surface area (Å²) in [7, 11) is 0. The highest BCUT2D eigenvalue weighted by molar-refractivity contribution is 6.04. The zero-order valence-electron chi connectivity index (χ0n) is 18.1. The van der Waals surface area contributed by atoms with Crippen molar-refractivity contribution in [3.8, 4) is 5.75 Å². The first-order valence-electron chi connectivity index (χ1n) is 10.5. The van der Waals surface area contributed by atoms with Crippen LogP contribution in [-0.4, -0.2) is 17.9 Å². The fourth-order valence-corrected chi connectivity index (χ4v) is 3.16. The molecule has 162 valence electrons. The first kappa shape index (κ1) is 22.2. The van der Waals surface area contributed by atoms with Crippen LogP contribution < -0.4 is 15.4 Å². The van der Waals surface area contributed by atoms with Crippen LogP contribution in [0.15, 0.2) is 71.3 Å². The SMILES string of the molecule is CCC(C)c1ccccc1OC(C)C(=O)Nc1ccccc1C(=O)NCc1ccco1. The third-order valence-electron chi connectivity index (χ3n) is 5.17. The molecule has 2 atom stereocenters. The van der Waals surface area contributed by atoms with Gasteiger partial charge in [0.25, 0.3) is 11.8 Å². The first-order chi connectivity index (χ1) is 15.0. The average Bonchev–Trinajstić information content (AvgIpc) is 3.31. The number of ether oxygens (including phenoxy) is 1. The quantitative estimate of drug-likeness (QED) is 0.503. The fraction of sp³-hybridized carbons (Fsp3) is 0.280. The summed E-state index contributed by atoms with van der Waals surface area (Å²) < 4.78 is 11.2. The highest BCUT2D eigenvalue weighted by atomic mass is 16.5. The molecule has 0 spiro atoms. The van der Waals surface area contributed by atoms with Crippen LogP contribution in [0, 0.1) is 0 Å². The second kappa shape index (κ2) is 10.5. The van der Waals surface area contributed by atoms with Crippen molar-refractivity contribution >= 4 is 17.5 Å².